The summed E-state index contributed by atoms with van der Waals surface area (Å²) in [5.41, 5.74) is 3.84. The van der Waals surface area contributed by atoms with Gasteiger partial charge in [0.15, 0.2) is 0 Å². The molecule has 2 aromatic rings. The van der Waals surface area contributed by atoms with Crippen LogP contribution in [0.4, 0.5) is 4.79 Å². The lowest BCUT2D eigenvalue weighted by Crippen LogP contribution is -2.38. The van der Waals surface area contributed by atoms with Crippen LogP contribution < -0.4 is 5.32 Å². The summed E-state index contributed by atoms with van der Waals surface area (Å²) < 4.78 is 0. The summed E-state index contributed by atoms with van der Waals surface area (Å²) in [4.78, 5) is 19.4. The number of hydrogen-bond acceptors (Lipinski definition) is 3. The van der Waals surface area contributed by atoms with E-state index in [0.29, 0.717) is 11.6 Å². The number of thiazole rings is 1. The van der Waals surface area contributed by atoms with Crippen LogP contribution in [0.15, 0.2) is 29.8 Å². The van der Waals surface area contributed by atoms with Crippen LogP contribution in [0.1, 0.15) is 35.5 Å². The molecule has 1 heterocycles. The zero-order valence-electron chi connectivity index (χ0n) is 13.0. The van der Waals surface area contributed by atoms with Crippen LogP contribution in [0, 0.1) is 6.92 Å². The number of carbonyl (C=O) groups excluding carboxylic acids is 1. The molecule has 0 bridgehead atoms. The first kappa shape index (κ1) is 16.8. The molecule has 0 aliphatic carbocycles. The van der Waals surface area contributed by atoms with Gasteiger partial charge in [0.1, 0.15) is 0 Å². The van der Waals surface area contributed by atoms with Gasteiger partial charge in [0.2, 0.25) is 0 Å². The van der Waals surface area contributed by atoms with Crippen molar-refractivity contribution in [3.63, 3.8) is 0 Å². The Morgan fingerprint density at radius 2 is 2.09 bits per heavy atom. The van der Waals surface area contributed by atoms with E-state index < -0.39 is 0 Å². The van der Waals surface area contributed by atoms with Gasteiger partial charge in [0.05, 0.1) is 23.8 Å². The van der Waals surface area contributed by atoms with Crippen LogP contribution in [-0.2, 0) is 6.54 Å². The van der Waals surface area contributed by atoms with Crippen molar-refractivity contribution in [3.05, 3.63) is 50.9 Å². The molecule has 4 nitrogen and oxygen atoms in total. The minimum Gasteiger partial charge on any atom is -0.331 e. The second-order valence-corrected chi connectivity index (χ2v) is 6.55. The molecule has 118 valence electrons. The summed E-state index contributed by atoms with van der Waals surface area (Å²) in [7, 11) is 1.79. The number of hydrogen-bond donors (Lipinski definition) is 1. The number of benzene rings is 1. The molecule has 0 radical (unpaired) electrons. The van der Waals surface area contributed by atoms with Gasteiger partial charge < -0.3 is 10.2 Å². The Morgan fingerprint density at radius 3 is 2.64 bits per heavy atom. The summed E-state index contributed by atoms with van der Waals surface area (Å²) in [5.74, 6) is 0. The zero-order chi connectivity index (χ0) is 16.1. The Labute approximate surface area is 140 Å². The molecule has 1 N–H and O–H groups in total. The van der Waals surface area contributed by atoms with Crippen LogP contribution in [0.3, 0.4) is 0 Å². The third-order valence-electron chi connectivity index (χ3n) is 3.55. The Hall–Kier alpha value is -1.59. The highest BCUT2D eigenvalue weighted by atomic mass is 35.5. The molecule has 0 saturated carbocycles. The largest absolute Gasteiger partial charge is 0.331 e. The molecular weight excluding hydrogens is 318 g/mol. The van der Waals surface area contributed by atoms with E-state index in [1.165, 1.54) is 0 Å². The van der Waals surface area contributed by atoms with Gasteiger partial charge in [-0.2, -0.15) is 0 Å². The van der Waals surface area contributed by atoms with Gasteiger partial charge in [-0.25, -0.2) is 9.78 Å². The van der Waals surface area contributed by atoms with Gasteiger partial charge in [-0.3, -0.25) is 0 Å². The molecule has 1 aromatic carbocycles. The van der Waals surface area contributed by atoms with Gasteiger partial charge >= 0.3 is 6.03 Å². The highest BCUT2D eigenvalue weighted by molar-refractivity contribution is 7.09. The Bertz CT molecular complexity index is 627. The number of halogens is 1. The summed E-state index contributed by atoms with van der Waals surface area (Å²) >= 11 is 7.48. The van der Waals surface area contributed by atoms with Crippen molar-refractivity contribution < 1.29 is 4.79 Å². The topological polar surface area (TPSA) is 45.2 Å². The van der Waals surface area contributed by atoms with Crippen molar-refractivity contribution >= 4 is 29.0 Å². The van der Waals surface area contributed by atoms with Crippen LogP contribution in [0.2, 0.25) is 5.02 Å². The minimum atomic E-state index is -0.0883. The quantitative estimate of drug-likeness (QED) is 0.879. The fourth-order valence-electron chi connectivity index (χ4n) is 2.14. The molecule has 2 amide bonds. The minimum absolute atomic E-state index is 0.0187. The number of aryl methyl sites for hydroxylation is 1. The lowest BCUT2D eigenvalue weighted by molar-refractivity contribution is 0.202. The van der Waals surface area contributed by atoms with Crippen LogP contribution in [0.25, 0.3) is 0 Å². The molecule has 0 aliphatic rings. The predicted molar refractivity (Wildman–Crippen MR) is 91.3 cm³/mol. The lowest BCUT2D eigenvalue weighted by Gasteiger charge is -2.23. The van der Waals surface area contributed by atoms with Crippen LogP contribution >= 0.6 is 22.9 Å². The summed E-state index contributed by atoms with van der Waals surface area (Å²) in [6.45, 7) is 4.58. The molecule has 0 spiro atoms. The molecule has 22 heavy (non-hydrogen) atoms. The first-order valence-electron chi connectivity index (χ1n) is 7.17. The number of nitrogens with one attached hydrogen (secondary N) is 1. The fraction of sp³-hybridized carbons (Fsp3) is 0.375. The average Bonchev–Trinajstić information content (AvgIpc) is 2.90. The van der Waals surface area contributed by atoms with Gasteiger partial charge in [-0.15, -0.1) is 11.3 Å². The summed E-state index contributed by atoms with van der Waals surface area (Å²) in [6, 6.07) is 7.48. The van der Waals surface area contributed by atoms with Gasteiger partial charge in [-0.1, -0.05) is 30.7 Å². The Kier molecular flexibility index (Phi) is 5.80. The maximum atomic E-state index is 12.4. The molecule has 0 aliphatic heterocycles. The molecular formula is C16H20ClN3OS. The molecule has 0 fully saturated rings. The van der Waals surface area contributed by atoms with Crippen molar-refractivity contribution in [1.82, 2.24) is 15.2 Å². The standard InChI is InChI=1S/C16H20ClN3OS/c1-4-14(12-5-7-13(17)8-6-12)19-16(21)20(3)9-15-11(2)18-10-22-15/h5-8,10,14H,4,9H2,1-3H3,(H,19,21). The number of carbonyl (C=O) groups is 1. The highest BCUT2D eigenvalue weighted by Crippen LogP contribution is 2.20. The molecule has 1 unspecified atom stereocenters. The van der Waals surface area contributed by atoms with E-state index in [9.17, 15) is 4.79 Å². The number of rotatable bonds is 5. The van der Waals surface area contributed by atoms with Gasteiger partial charge in [-0.05, 0) is 31.0 Å². The summed E-state index contributed by atoms with van der Waals surface area (Å²) in [5, 5.41) is 3.76. The van der Waals surface area contributed by atoms with E-state index in [1.807, 2.05) is 38.1 Å². The first-order chi connectivity index (χ1) is 10.5. The third kappa shape index (κ3) is 4.21. The van der Waals surface area contributed by atoms with Gasteiger partial charge in [0.25, 0.3) is 0 Å². The van der Waals surface area contributed by atoms with Gasteiger partial charge in [0, 0.05) is 16.9 Å². The first-order valence-corrected chi connectivity index (χ1v) is 8.43. The van der Waals surface area contributed by atoms with Crippen LogP contribution in [-0.4, -0.2) is 23.0 Å². The van der Waals surface area contributed by atoms with E-state index >= 15 is 0 Å². The van der Waals surface area contributed by atoms with E-state index in [4.69, 9.17) is 11.6 Å². The molecule has 1 atom stereocenters. The van der Waals surface area contributed by atoms with E-state index in [-0.39, 0.29) is 12.1 Å². The Morgan fingerprint density at radius 1 is 1.41 bits per heavy atom. The molecule has 1 aromatic heterocycles. The lowest BCUT2D eigenvalue weighted by atomic mass is 10.1. The van der Waals surface area contributed by atoms with Crippen LogP contribution in [0.5, 0.6) is 0 Å². The SMILES string of the molecule is CCC(NC(=O)N(C)Cc1scnc1C)c1ccc(Cl)cc1. The molecule has 2 rings (SSSR count). The average molecular weight is 338 g/mol. The monoisotopic (exact) mass is 337 g/mol. The van der Waals surface area contributed by atoms with Crippen molar-refractivity contribution in [2.75, 3.05) is 7.05 Å². The van der Waals surface area contributed by atoms with E-state index in [2.05, 4.69) is 10.3 Å². The maximum Gasteiger partial charge on any atom is 0.317 e. The second-order valence-electron chi connectivity index (χ2n) is 5.18. The third-order valence-corrected chi connectivity index (χ3v) is 4.72. The fourth-order valence-corrected chi connectivity index (χ4v) is 3.10. The highest BCUT2D eigenvalue weighted by Gasteiger charge is 2.17. The normalized spacial score (nSPS) is 12.0. The summed E-state index contributed by atoms with van der Waals surface area (Å²) in [6.07, 6.45) is 0.820. The number of amides is 2. The Balaban J connectivity index is 1.99. The predicted octanol–water partition coefficient (Wildman–Crippen LogP) is 4.40. The molecule has 6 heteroatoms. The van der Waals surface area contributed by atoms with E-state index in [1.54, 1.807) is 28.8 Å². The number of nitrogens with zero attached hydrogens (tertiary/aromatic N) is 2. The smallest absolute Gasteiger partial charge is 0.317 e. The number of aromatic nitrogens is 1. The van der Waals surface area contributed by atoms with Crippen molar-refractivity contribution in [1.29, 1.82) is 0 Å². The van der Waals surface area contributed by atoms with Crippen molar-refractivity contribution in [3.8, 4) is 0 Å². The van der Waals surface area contributed by atoms with Crippen molar-refractivity contribution in [2.45, 2.75) is 32.9 Å². The molecule has 0 saturated heterocycles. The maximum absolute atomic E-state index is 12.4. The zero-order valence-corrected chi connectivity index (χ0v) is 14.5. The van der Waals surface area contributed by atoms with Crippen molar-refractivity contribution in [2.24, 2.45) is 0 Å². The number of urea groups is 1. The second kappa shape index (κ2) is 7.61. The van der Waals surface area contributed by atoms with E-state index in [0.717, 1.165) is 22.6 Å².